The molecule has 0 saturated carbocycles. The first kappa shape index (κ1) is 25.6. The van der Waals surface area contributed by atoms with Gasteiger partial charge in [0.1, 0.15) is 11.6 Å². The molecular weight excluding hydrogens is 580 g/mol. The van der Waals surface area contributed by atoms with Crippen LogP contribution in [0.2, 0.25) is 0 Å². The Kier molecular flexibility index (Phi) is 6.05. The first-order chi connectivity index (χ1) is 20.4. The van der Waals surface area contributed by atoms with E-state index in [0.29, 0.717) is 39.7 Å². The van der Waals surface area contributed by atoms with Crippen molar-refractivity contribution in [1.82, 2.24) is 60.4 Å². The van der Waals surface area contributed by atoms with Gasteiger partial charge in [0.2, 0.25) is 15.0 Å². The van der Waals surface area contributed by atoms with E-state index in [4.69, 9.17) is 0 Å². The Morgan fingerprint density at radius 2 is 1.26 bits per heavy atom. The largest absolute Gasteiger partial charge is 0.338 e. The lowest BCUT2D eigenvalue weighted by atomic mass is 10.2. The van der Waals surface area contributed by atoms with Crippen LogP contribution in [0.25, 0.3) is 34.2 Å². The van der Waals surface area contributed by atoms with Crippen molar-refractivity contribution in [1.29, 1.82) is 0 Å². The van der Waals surface area contributed by atoms with E-state index in [0.717, 1.165) is 28.9 Å². The highest BCUT2D eigenvalue weighted by Gasteiger charge is 2.25. The summed E-state index contributed by atoms with van der Waals surface area (Å²) in [6.07, 6.45) is 6.15. The zero-order chi connectivity index (χ0) is 28.8. The standard InChI is InChI=1S/C12H9N7O2S.C12H9N7S/c1-22(20,21)12-13-6-7-10(15-12)14-8-4-2-3-5-9(8)19-11(7)16-17-18-19;1-20-12-13-6-7-10(15-12)14-8-4-2-3-5-9(8)19-11(7)16-17-18-19/h2-6H,1H3,(H,13,14,15);2-6H,1H3,(H,13,14,15). The molecule has 0 bridgehead atoms. The summed E-state index contributed by atoms with van der Waals surface area (Å²) >= 11 is 1.49. The molecule has 42 heavy (non-hydrogen) atoms. The van der Waals surface area contributed by atoms with Crippen LogP contribution < -0.4 is 10.6 Å². The van der Waals surface area contributed by atoms with Gasteiger partial charge in [0.15, 0.2) is 16.8 Å². The maximum atomic E-state index is 11.6. The molecule has 0 radical (unpaired) electrons. The van der Waals surface area contributed by atoms with Gasteiger partial charge >= 0.3 is 0 Å². The van der Waals surface area contributed by atoms with Crippen molar-refractivity contribution in [2.75, 3.05) is 23.1 Å². The summed E-state index contributed by atoms with van der Waals surface area (Å²) in [4.78, 5) is 16.8. The van der Waals surface area contributed by atoms with E-state index < -0.39 is 9.84 Å². The van der Waals surface area contributed by atoms with Crippen LogP contribution in [-0.4, -0.2) is 81.3 Å². The van der Waals surface area contributed by atoms with Gasteiger partial charge in [-0.3, -0.25) is 0 Å². The molecule has 0 aliphatic carbocycles. The second-order valence-electron chi connectivity index (χ2n) is 8.92. The highest BCUT2D eigenvalue weighted by Crippen LogP contribution is 2.36. The Balaban J connectivity index is 0.000000138. The number of hydrogen-bond acceptors (Lipinski definition) is 15. The zero-order valence-electron chi connectivity index (χ0n) is 21.8. The maximum Gasteiger partial charge on any atom is 0.248 e. The van der Waals surface area contributed by atoms with Gasteiger partial charge in [-0.25, -0.2) is 28.4 Å². The highest BCUT2D eigenvalue weighted by atomic mass is 32.2. The number of para-hydroxylation sites is 4. The minimum Gasteiger partial charge on any atom is -0.338 e. The van der Waals surface area contributed by atoms with Gasteiger partial charge in [-0.1, -0.05) is 36.0 Å². The number of thioether (sulfide) groups is 1. The van der Waals surface area contributed by atoms with Crippen molar-refractivity contribution >= 4 is 44.6 Å². The molecule has 0 amide bonds. The summed E-state index contributed by atoms with van der Waals surface area (Å²) in [5.74, 6) is 2.12. The Labute approximate surface area is 241 Å². The molecule has 0 unspecified atom stereocenters. The quantitative estimate of drug-likeness (QED) is 0.217. The fraction of sp³-hybridized carbons (Fsp3) is 0.0833. The number of anilines is 4. The Morgan fingerprint density at radius 3 is 1.81 bits per heavy atom. The molecule has 4 aromatic heterocycles. The minimum absolute atomic E-state index is 0.253. The predicted molar refractivity (Wildman–Crippen MR) is 152 cm³/mol. The van der Waals surface area contributed by atoms with Crippen molar-refractivity contribution in [2.45, 2.75) is 10.3 Å². The number of rotatable bonds is 2. The number of benzene rings is 2. The first-order valence-corrected chi connectivity index (χ1v) is 15.3. The number of nitrogens with one attached hydrogen (secondary N) is 2. The molecule has 2 aliphatic rings. The Morgan fingerprint density at radius 1 is 0.738 bits per heavy atom. The first-order valence-electron chi connectivity index (χ1n) is 12.2. The molecule has 6 aromatic rings. The van der Waals surface area contributed by atoms with E-state index in [1.54, 1.807) is 15.6 Å². The Hall–Kier alpha value is -5.36. The summed E-state index contributed by atoms with van der Waals surface area (Å²) in [5, 5.41) is 30.4. The van der Waals surface area contributed by atoms with Gasteiger partial charge in [-0.2, -0.15) is 9.36 Å². The SMILES string of the molecule is CS(=O)(=O)c1ncc2c(n1)Nc1ccccc1-n1nnnc1-2.CSc1ncc2c(n1)Nc1ccccc1-n1nnnc1-2. The van der Waals surface area contributed by atoms with Gasteiger partial charge in [-0.05, 0) is 51.4 Å². The van der Waals surface area contributed by atoms with Gasteiger partial charge in [0, 0.05) is 18.6 Å². The number of aromatic nitrogens is 12. The lowest BCUT2D eigenvalue weighted by molar-refractivity contribution is 0.593. The highest BCUT2D eigenvalue weighted by molar-refractivity contribution is 7.98. The number of sulfone groups is 1. The maximum absolute atomic E-state index is 11.6. The molecule has 18 heteroatoms. The predicted octanol–water partition coefficient (Wildman–Crippen LogP) is 2.48. The molecule has 0 spiro atoms. The van der Waals surface area contributed by atoms with Gasteiger partial charge in [0.05, 0.1) is 33.9 Å². The molecule has 0 saturated heterocycles. The van der Waals surface area contributed by atoms with Gasteiger partial charge in [0.25, 0.3) is 0 Å². The second-order valence-corrected chi connectivity index (χ2v) is 11.6. The van der Waals surface area contributed by atoms with Crippen LogP contribution in [0.1, 0.15) is 0 Å². The third-order valence-electron chi connectivity index (χ3n) is 6.24. The molecular formula is C24H18N14O2S2. The average Bonchev–Trinajstić information content (AvgIpc) is 3.63. The van der Waals surface area contributed by atoms with E-state index in [-0.39, 0.29) is 5.16 Å². The van der Waals surface area contributed by atoms with Gasteiger partial charge < -0.3 is 10.6 Å². The van der Waals surface area contributed by atoms with E-state index in [1.165, 1.54) is 18.0 Å². The minimum atomic E-state index is -3.51. The molecule has 16 nitrogen and oxygen atoms in total. The lowest BCUT2D eigenvalue weighted by Gasteiger charge is -2.08. The average molecular weight is 599 g/mol. The van der Waals surface area contributed by atoms with Crippen LogP contribution >= 0.6 is 11.8 Å². The molecule has 6 heterocycles. The van der Waals surface area contributed by atoms with Crippen LogP contribution in [0, 0.1) is 0 Å². The Bertz CT molecular complexity index is 2090. The fourth-order valence-corrected chi connectivity index (χ4v) is 5.19. The molecule has 208 valence electrons. The number of hydrogen-bond donors (Lipinski definition) is 2. The molecule has 2 aromatic carbocycles. The molecule has 2 N–H and O–H groups in total. The number of fused-ring (bicyclic) bond motifs is 10. The van der Waals surface area contributed by atoms with Gasteiger partial charge in [-0.15, -0.1) is 10.2 Å². The molecule has 0 atom stereocenters. The van der Waals surface area contributed by atoms with Crippen LogP contribution in [0.5, 0.6) is 0 Å². The fourth-order valence-electron chi connectivity index (χ4n) is 4.34. The van der Waals surface area contributed by atoms with Crippen LogP contribution in [0.3, 0.4) is 0 Å². The summed E-state index contributed by atoms with van der Waals surface area (Å²) in [6, 6.07) is 15.2. The van der Waals surface area contributed by atoms with Crippen LogP contribution in [-0.2, 0) is 9.84 Å². The van der Waals surface area contributed by atoms with Crippen LogP contribution in [0.4, 0.5) is 23.0 Å². The summed E-state index contributed by atoms with van der Waals surface area (Å²) < 4.78 is 26.5. The summed E-state index contributed by atoms with van der Waals surface area (Å²) in [7, 11) is -3.51. The van der Waals surface area contributed by atoms with Crippen molar-refractivity contribution in [3.05, 3.63) is 60.9 Å². The van der Waals surface area contributed by atoms with Crippen molar-refractivity contribution < 1.29 is 8.42 Å². The molecule has 2 aliphatic heterocycles. The zero-order valence-corrected chi connectivity index (χ0v) is 23.4. The van der Waals surface area contributed by atoms with E-state index in [1.807, 2.05) is 54.8 Å². The molecule has 8 rings (SSSR count). The monoisotopic (exact) mass is 598 g/mol. The van der Waals surface area contributed by atoms with E-state index >= 15 is 0 Å². The van der Waals surface area contributed by atoms with Crippen molar-refractivity contribution in [3.8, 4) is 34.2 Å². The van der Waals surface area contributed by atoms with E-state index in [2.05, 4.69) is 61.6 Å². The van der Waals surface area contributed by atoms with E-state index in [9.17, 15) is 8.42 Å². The third-order valence-corrected chi connectivity index (χ3v) is 7.66. The number of tetrazole rings is 2. The smallest absolute Gasteiger partial charge is 0.248 e. The summed E-state index contributed by atoms with van der Waals surface area (Å²) in [6.45, 7) is 0. The van der Waals surface area contributed by atoms with Crippen molar-refractivity contribution in [2.24, 2.45) is 0 Å². The number of nitrogens with zero attached hydrogens (tertiary/aromatic N) is 12. The van der Waals surface area contributed by atoms with Crippen molar-refractivity contribution in [3.63, 3.8) is 0 Å². The molecule has 0 fully saturated rings. The normalized spacial score (nSPS) is 12.2. The lowest BCUT2D eigenvalue weighted by Crippen LogP contribution is -2.07. The third kappa shape index (κ3) is 4.38. The topological polar surface area (TPSA) is 197 Å². The summed E-state index contributed by atoms with van der Waals surface area (Å²) in [5.41, 5.74) is 4.55. The second kappa shape index (κ2) is 9.93. The van der Waals surface area contributed by atoms with Crippen LogP contribution in [0.15, 0.2) is 71.2 Å².